The van der Waals surface area contributed by atoms with Crippen LogP contribution in [0.3, 0.4) is 0 Å². The maximum absolute atomic E-state index is 12.8. The Morgan fingerprint density at radius 3 is 0.824 bits per heavy atom. The molecular weight excluding hydrogens is 913 g/mol. The Hall–Kier alpha value is -2.63. The van der Waals surface area contributed by atoms with E-state index >= 15 is 0 Å². The Morgan fingerprint density at radius 1 is 0.284 bits per heavy atom. The largest absolute Gasteiger partial charge is 0.462 e. The summed E-state index contributed by atoms with van der Waals surface area (Å²) in [5.74, 6) is -0.871. The molecule has 432 valence electrons. The van der Waals surface area contributed by atoms with Crippen LogP contribution >= 0.6 is 0 Å². The molecule has 0 radical (unpaired) electrons. The predicted molar refractivity (Wildman–Crippen MR) is 321 cm³/mol. The minimum Gasteiger partial charge on any atom is -0.462 e. The van der Waals surface area contributed by atoms with Crippen LogP contribution in [0.5, 0.6) is 0 Å². The van der Waals surface area contributed by atoms with Gasteiger partial charge in [0.2, 0.25) is 0 Å². The summed E-state index contributed by atoms with van der Waals surface area (Å²) in [6, 6.07) is 0. The van der Waals surface area contributed by atoms with Crippen molar-refractivity contribution >= 4 is 17.9 Å². The second-order valence-corrected chi connectivity index (χ2v) is 22.0. The molecule has 0 aromatic heterocycles. The van der Waals surface area contributed by atoms with Gasteiger partial charge in [0.15, 0.2) is 6.10 Å². The number of unbranched alkanes of at least 4 members (excludes halogenated alkanes) is 41. The second-order valence-electron chi connectivity index (χ2n) is 22.0. The van der Waals surface area contributed by atoms with E-state index < -0.39 is 6.10 Å². The highest BCUT2D eigenvalue weighted by molar-refractivity contribution is 5.71. The lowest BCUT2D eigenvalue weighted by Gasteiger charge is -2.18. The first-order chi connectivity index (χ1) is 36.5. The fourth-order valence-corrected chi connectivity index (χ4v) is 9.73. The van der Waals surface area contributed by atoms with Crippen molar-refractivity contribution in [2.45, 2.75) is 354 Å². The first-order valence-corrected chi connectivity index (χ1v) is 32.6. The lowest BCUT2D eigenvalue weighted by molar-refractivity contribution is -0.167. The highest BCUT2D eigenvalue weighted by atomic mass is 16.6. The standard InChI is InChI=1S/C68H124O6/c1-4-7-10-13-15-17-19-21-23-25-27-29-31-32-33-34-35-37-38-40-42-44-46-48-50-52-55-58-61-67(70)73-64-65(63-72-66(69)60-57-54-12-9-6-3)74-68(71)62-59-56-53-51-49-47-45-43-41-39-36-30-28-26-24-22-20-18-16-14-11-8-5-2/h8,11,16,18,22,24,28,30,65H,4-7,9-10,12-15,17,19-21,23,25-27,29,31-64H2,1-3H3/b11-8-,18-16-,24-22-,30-28-. The number of esters is 3. The Bertz CT molecular complexity index is 1280. The van der Waals surface area contributed by atoms with Crippen molar-refractivity contribution in [1.82, 2.24) is 0 Å². The third-order valence-electron chi connectivity index (χ3n) is 14.6. The maximum Gasteiger partial charge on any atom is 0.306 e. The number of hydrogen-bond donors (Lipinski definition) is 0. The van der Waals surface area contributed by atoms with Crippen molar-refractivity contribution in [1.29, 1.82) is 0 Å². The average molecular weight is 1040 g/mol. The zero-order valence-electron chi connectivity index (χ0n) is 49.6. The van der Waals surface area contributed by atoms with Crippen molar-refractivity contribution in [3.8, 4) is 0 Å². The highest BCUT2D eigenvalue weighted by Crippen LogP contribution is 2.18. The number of allylic oxidation sites excluding steroid dienone is 8. The van der Waals surface area contributed by atoms with Gasteiger partial charge in [-0.1, -0.05) is 320 Å². The third kappa shape index (κ3) is 60.2. The van der Waals surface area contributed by atoms with Crippen LogP contribution in [-0.4, -0.2) is 37.2 Å². The van der Waals surface area contributed by atoms with Crippen LogP contribution in [0, 0.1) is 0 Å². The molecule has 0 saturated heterocycles. The van der Waals surface area contributed by atoms with Crippen LogP contribution < -0.4 is 0 Å². The maximum atomic E-state index is 12.8. The van der Waals surface area contributed by atoms with Gasteiger partial charge in [-0.2, -0.15) is 0 Å². The molecule has 0 aliphatic rings. The van der Waals surface area contributed by atoms with Crippen molar-refractivity contribution in [2.75, 3.05) is 13.2 Å². The zero-order chi connectivity index (χ0) is 53.6. The topological polar surface area (TPSA) is 78.9 Å². The summed E-state index contributed by atoms with van der Waals surface area (Å²) in [5.41, 5.74) is 0. The van der Waals surface area contributed by atoms with Gasteiger partial charge in [0.25, 0.3) is 0 Å². The van der Waals surface area contributed by atoms with Crippen LogP contribution in [-0.2, 0) is 28.6 Å². The van der Waals surface area contributed by atoms with E-state index in [9.17, 15) is 14.4 Å². The molecule has 0 spiro atoms. The van der Waals surface area contributed by atoms with Crippen LogP contribution in [0.4, 0.5) is 0 Å². The summed E-state index contributed by atoms with van der Waals surface area (Å²) in [6.45, 7) is 6.49. The van der Waals surface area contributed by atoms with E-state index in [1.54, 1.807) is 0 Å². The van der Waals surface area contributed by atoms with E-state index in [2.05, 4.69) is 69.4 Å². The third-order valence-corrected chi connectivity index (χ3v) is 14.6. The van der Waals surface area contributed by atoms with Gasteiger partial charge >= 0.3 is 17.9 Å². The molecular formula is C68H124O6. The average Bonchev–Trinajstić information content (AvgIpc) is 3.40. The molecule has 0 fully saturated rings. The summed E-state index contributed by atoms with van der Waals surface area (Å²) in [5, 5.41) is 0. The molecule has 0 aliphatic heterocycles. The normalized spacial score (nSPS) is 12.3. The molecule has 6 nitrogen and oxygen atoms in total. The van der Waals surface area contributed by atoms with Gasteiger partial charge in [-0.15, -0.1) is 0 Å². The summed E-state index contributed by atoms with van der Waals surface area (Å²) in [6.07, 6.45) is 79.0. The molecule has 0 aromatic rings. The summed E-state index contributed by atoms with van der Waals surface area (Å²) < 4.78 is 16.8. The van der Waals surface area contributed by atoms with Crippen molar-refractivity contribution in [2.24, 2.45) is 0 Å². The van der Waals surface area contributed by atoms with Crippen molar-refractivity contribution in [3.63, 3.8) is 0 Å². The molecule has 0 aromatic carbocycles. The van der Waals surface area contributed by atoms with Crippen LogP contribution in [0.1, 0.15) is 348 Å². The Kier molecular flexibility index (Phi) is 60.7. The smallest absolute Gasteiger partial charge is 0.306 e. The summed E-state index contributed by atoms with van der Waals surface area (Å²) in [4.78, 5) is 37.9. The molecule has 1 atom stereocenters. The van der Waals surface area contributed by atoms with E-state index in [1.807, 2.05) is 0 Å². The lowest BCUT2D eigenvalue weighted by atomic mass is 10.0. The van der Waals surface area contributed by atoms with Gasteiger partial charge in [-0.05, 0) is 57.8 Å². The van der Waals surface area contributed by atoms with Gasteiger partial charge in [-0.25, -0.2) is 0 Å². The molecule has 0 bridgehead atoms. The molecule has 0 rings (SSSR count). The Balaban J connectivity index is 3.97. The lowest BCUT2D eigenvalue weighted by Crippen LogP contribution is -2.30. The van der Waals surface area contributed by atoms with E-state index in [0.717, 1.165) is 89.9 Å². The van der Waals surface area contributed by atoms with E-state index in [-0.39, 0.29) is 31.1 Å². The van der Waals surface area contributed by atoms with E-state index in [4.69, 9.17) is 14.2 Å². The van der Waals surface area contributed by atoms with Crippen LogP contribution in [0.2, 0.25) is 0 Å². The minimum absolute atomic E-state index is 0.0711. The molecule has 74 heavy (non-hydrogen) atoms. The number of carbonyl (C=O) groups excluding carboxylic acids is 3. The minimum atomic E-state index is -0.770. The second kappa shape index (κ2) is 62.9. The first-order valence-electron chi connectivity index (χ1n) is 32.6. The summed E-state index contributed by atoms with van der Waals surface area (Å²) in [7, 11) is 0. The van der Waals surface area contributed by atoms with Gasteiger partial charge in [-0.3, -0.25) is 14.4 Å². The van der Waals surface area contributed by atoms with Gasteiger partial charge < -0.3 is 14.2 Å². The molecule has 1 unspecified atom stereocenters. The summed E-state index contributed by atoms with van der Waals surface area (Å²) >= 11 is 0. The number of hydrogen-bond acceptors (Lipinski definition) is 6. The highest BCUT2D eigenvalue weighted by Gasteiger charge is 2.19. The first kappa shape index (κ1) is 71.4. The van der Waals surface area contributed by atoms with Gasteiger partial charge in [0.1, 0.15) is 13.2 Å². The molecule has 6 heteroatoms. The molecule has 0 aliphatic carbocycles. The Labute approximate surface area is 460 Å². The zero-order valence-corrected chi connectivity index (χ0v) is 49.6. The molecule has 0 N–H and O–H groups in total. The van der Waals surface area contributed by atoms with Crippen LogP contribution in [0.25, 0.3) is 0 Å². The number of rotatable bonds is 60. The fourth-order valence-electron chi connectivity index (χ4n) is 9.73. The quantitative estimate of drug-likeness (QED) is 0.0261. The van der Waals surface area contributed by atoms with Gasteiger partial charge in [0, 0.05) is 19.3 Å². The molecule has 0 heterocycles. The van der Waals surface area contributed by atoms with Crippen molar-refractivity contribution < 1.29 is 28.6 Å². The number of ether oxygens (including phenoxy) is 3. The van der Waals surface area contributed by atoms with Gasteiger partial charge in [0.05, 0.1) is 0 Å². The SMILES string of the molecule is CC/C=C\C/C=C\C/C=C\C/C=C\CCCCCCCCCCCCC(=O)OC(COC(=O)CCCCCCC)COC(=O)CCCCCCCCCCCCCCCCCCCCCCCCCCCCCC. The predicted octanol–water partition coefficient (Wildman–Crippen LogP) is 22.2. The van der Waals surface area contributed by atoms with Crippen LogP contribution in [0.15, 0.2) is 48.6 Å². The molecule has 0 saturated carbocycles. The number of carbonyl (C=O) groups is 3. The van der Waals surface area contributed by atoms with E-state index in [1.165, 1.54) is 218 Å². The monoisotopic (exact) mass is 1040 g/mol. The molecule has 0 amide bonds. The van der Waals surface area contributed by atoms with Crippen molar-refractivity contribution in [3.05, 3.63) is 48.6 Å². The Morgan fingerprint density at radius 2 is 0.527 bits per heavy atom. The van der Waals surface area contributed by atoms with E-state index in [0.29, 0.717) is 19.3 Å². The fraction of sp³-hybridized carbons (Fsp3) is 0.838.